The Morgan fingerprint density at radius 1 is 1.37 bits per heavy atom. The molecule has 1 aromatic rings. The van der Waals surface area contributed by atoms with Crippen molar-refractivity contribution >= 4 is 25.8 Å². The summed E-state index contributed by atoms with van der Waals surface area (Å²) in [4.78, 5) is 0.402. The van der Waals surface area contributed by atoms with E-state index >= 15 is 0 Å². The van der Waals surface area contributed by atoms with Gasteiger partial charge in [-0.25, -0.2) is 8.42 Å². The zero-order valence-corrected chi connectivity index (χ0v) is 13.5. The third kappa shape index (κ3) is 3.20. The molecule has 106 valence electrons. The van der Waals surface area contributed by atoms with Gasteiger partial charge in [-0.1, -0.05) is 35.3 Å². The van der Waals surface area contributed by atoms with E-state index in [1.54, 1.807) is 18.2 Å². The molecule has 0 radical (unpaired) electrons. The first kappa shape index (κ1) is 15.0. The first-order chi connectivity index (χ1) is 8.95. The zero-order valence-electron chi connectivity index (χ0n) is 11.0. The van der Waals surface area contributed by atoms with Gasteiger partial charge in [-0.3, -0.25) is 0 Å². The molecule has 1 aliphatic rings. The van der Waals surface area contributed by atoms with Crippen molar-refractivity contribution in [2.45, 2.75) is 36.3 Å². The largest absolute Gasteiger partial charge is 0.330 e. The third-order valence-electron chi connectivity index (χ3n) is 4.02. The molecule has 2 rings (SSSR count). The van der Waals surface area contributed by atoms with Gasteiger partial charge >= 0.3 is 0 Å². The molecule has 1 saturated carbocycles. The van der Waals surface area contributed by atoms with Gasteiger partial charge in [0.15, 0.2) is 9.84 Å². The number of rotatable bonds is 3. The van der Waals surface area contributed by atoms with Crippen LogP contribution in [0.25, 0.3) is 0 Å². The molecule has 0 heterocycles. The van der Waals surface area contributed by atoms with Crippen molar-refractivity contribution in [3.63, 3.8) is 0 Å². The Morgan fingerprint density at radius 2 is 2.11 bits per heavy atom. The van der Waals surface area contributed by atoms with E-state index in [4.69, 9.17) is 5.73 Å². The maximum Gasteiger partial charge on any atom is 0.181 e. The molecule has 0 aromatic heterocycles. The van der Waals surface area contributed by atoms with E-state index in [0.717, 1.165) is 23.7 Å². The van der Waals surface area contributed by atoms with E-state index in [2.05, 4.69) is 22.9 Å². The Labute approximate surface area is 123 Å². The van der Waals surface area contributed by atoms with Crippen LogP contribution in [0.4, 0.5) is 0 Å². The molecule has 5 heteroatoms. The van der Waals surface area contributed by atoms with Gasteiger partial charge in [0.25, 0.3) is 0 Å². The molecule has 0 amide bonds. The minimum atomic E-state index is -3.29. The molecule has 0 saturated heterocycles. The SMILES string of the molecule is CC1CCC(CN)C(S(=O)(=O)c2cccc(Br)c2)C1. The minimum Gasteiger partial charge on any atom is -0.330 e. The lowest BCUT2D eigenvalue weighted by Gasteiger charge is -2.33. The van der Waals surface area contributed by atoms with Crippen LogP contribution in [0.3, 0.4) is 0 Å². The van der Waals surface area contributed by atoms with Crippen molar-refractivity contribution < 1.29 is 8.42 Å². The molecule has 3 nitrogen and oxygen atoms in total. The first-order valence-electron chi connectivity index (χ1n) is 6.64. The summed E-state index contributed by atoms with van der Waals surface area (Å²) in [6, 6.07) is 6.96. The molecule has 3 atom stereocenters. The van der Waals surface area contributed by atoms with E-state index in [1.807, 2.05) is 6.07 Å². The highest BCUT2D eigenvalue weighted by molar-refractivity contribution is 9.10. The van der Waals surface area contributed by atoms with E-state index in [9.17, 15) is 8.42 Å². The van der Waals surface area contributed by atoms with Gasteiger partial charge in [-0.15, -0.1) is 0 Å². The number of nitrogens with two attached hydrogens (primary N) is 1. The Hall–Kier alpha value is -0.390. The molecule has 0 aliphatic heterocycles. The van der Waals surface area contributed by atoms with E-state index in [-0.39, 0.29) is 11.2 Å². The Kier molecular flexibility index (Phi) is 4.69. The molecular weight excluding hydrogens is 326 g/mol. The second-order valence-corrected chi connectivity index (χ2v) is 8.54. The summed E-state index contributed by atoms with van der Waals surface area (Å²) < 4.78 is 26.3. The minimum absolute atomic E-state index is 0.0835. The second-order valence-electron chi connectivity index (χ2n) is 5.45. The zero-order chi connectivity index (χ0) is 14.0. The molecule has 1 aliphatic carbocycles. The summed E-state index contributed by atoms with van der Waals surface area (Å²) in [5, 5.41) is -0.337. The number of halogens is 1. The fourth-order valence-electron chi connectivity index (χ4n) is 2.86. The quantitative estimate of drug-likeness (QED) is 0.915. The molecule has 2 N–H and O–H groups in total. The lowest BCUT2D eigenvalue weighted by molar-refractivity contribution is 0.296. The van der Waals surface area contributed by atoms with Crippen LogP contribution in [0.5, 0.6) is 0 Å². The van der Waals surface area contributed by atoms with Crippen LogP contribution < -0.4 is 5.73 Å². The molecule has 19 heavy (non-hydrogen) atoms. The standard InChI is InChI=1S/C14H20BrNO2S/c1-10-5-6-11(9-16)14(7-10)19(17,18)13-4-2-3-12(15)8-13/h2-4,8,10-11,14H,5-7,9,16H2,1H3. The summed E-state index contributed by atoms with van der Waals surface area (Å²) in [5.41, 5.74) is 5.77. The van der Waals surface area contributed by atoms with Crippen molar-refractivity contribution in [3.05, 3.63) is 28.7 Å². The van der Waals surface area contributed by atoms with E-state index in [1.165, 1.54) is 0 Å². The van der Waals surface area contributed by atoms with E-state index in [0.29, 0.717) is 17.4 Å². The van der Waals surface area contributed by atoms with Crippen molar-refractivity contribution in [1.29, 1.82) is 0 Å². The summed E-state index contributed by atoms with van der Waals surface area (Å²) in [6.07, 6.45) is 2.71. The molecule has 0 bridgehead atoms. The summed E-state index contributed by atoms with van der Waals surface area (Å²) in [6.45, 7) is 2.57. The molecule has 0 spiro atoms. The van der Waals surface area contributed by atoms with Crippen LogP contribution in [0.2, 0.25) is 0 Å². The van der Waals surface area contributed by atoms with Crippen LogP contribution in [-0.2, 0) is 9.84 Å². The fraction of sp³-hybridized carbons (Fsp3) is 0.571. The van der Waals surface area contributed by atoms with Crippen LogP contribution in [0.1, 0.15) is 26.2 Å². The van der Waals surface area contributed by atoms with Gasteiger partial charge in [0.05, 0.1) is 10.1 Å². The van der Waals surface area contributed by atoms with Crippen LogP contribution >= 0.6 is 15.9 Å². The topological polar surface area (TPSA) is 60.2 Å². The number of hydrogen-bond donors (Lipinski definition) is 1. The summed E-state index contributed by atoms with van der Waals surface area (Å²) in [5.74, 6) is 0.537. The maximum absolute atomic E-state index is 12.8. The Morgan fingerprint density at radius 3 is 2.74 bits per heavy atom. The average Bonchev–Trinajstić information content (AvgIpc) is 2.38. The Balaban J connectivity index is 2.36. The van der Waals surface area contributed by atoms with Gasteiger partial charge in [0, 0.05) is 4.47 Å². The van der Waals surface area contributed by atoms with E-state index < -0.39 is 9.84 Å². The lowest BCUT2D eigenvalue weighted by Crippen LogP contribution is -2.39. The van der Waals surface area contributed by atoms with Crippen molar-refractivity contribution in [1.82, 2.24) is 0 Å². The first-order valence-corrected chi connectivity index (χ1v) is 8.98. The average molecular weight is 346 g/mol. The summed E-state index contributed by atoms with van der Waals surface area (Å²) in [7, 11) is -3.29. The van der Waals surface area contributed by atoms with Crippen LogP contribution in [0.15, 0.2) is 33.6 Å². The number of benzene rings is 1. The predicted molar refractivity (Wildman–Crippen MR) is 80.7 cm³/mol. The van der Waals surface area contributed by atoms with Gasteiger partial charge in [0.1, 0.15) is 0 Å². The van der Waals surface area contributed by atoms with Gasteiger partial charge < -0.3 is 5.73 Å². The van der Waals surface area contributed by atoms with Crippen LogP contribution in [0, 0.1) is 11.8 Å². The van der Waals surface area contributed by atoms with Crippen molar-refractivity contribution in [2.75, 3.05) is 6.54 Å². The highest BCUT2D eigenvalue weighted by atomic mass is 79.9. The predicted octanol–water partition coefficient (Wildman–Crippen LogP) is 2.99. The smallest absolute Gasteiger partial charge is 0.181 e. The van der Waals surface area contributed by atoms with Gasteiger partial charge in [-0.2, -0.15) is 0 Å². The fourth-order valence-corrected chi connectivity index (χ4v) is 5.66. The normalized spacial score (nSPS) is 28.3. The Bertz CT molecular complexity index is 544. The second kappa shape index (κ2) is 5.94. The summed E-state index contributed by atoms with van der Waals surface area (Å²) >= 11 is 3.33. The molecule has 3 unspecified atom stereocenters. The monoisotopic (exact) mass is 345 g/mol. The molecular formula is C14H20BrNO2S. The highest BCUT2D eigenvalue weighted by Gasteiger charge is 2.37. The van der Waals surface area contributed by atoms with Crippen molar-refractivity contribution in [3.8, 4) is 0 Å². The maximum atomic E-state index is 12.8. The van der Waals surface area contributed by atoms with Crippen LogP contribution in [-0.4, -0.2) is 20.2 Å². The number of hydrogen-bond acceptors (Lipinski definition) is 3. The lowest BCUT2D eigenvalue weighted by atomic mass is 9.82. The molecule has 1 fully saturated rings. The number of sulfone groups is 1. The van der Waals surface area contributed by atoms with Gasteiger partial charge in [-0.05, 0) is 49.4 Å². The van der Waals surface area contributed by atoms with Gasteiger partial charge in [0.2, 0.25) is 0 Å². The van der Waals surface area contributed by atoms with Crippen molar-refractivity contribution in [2.24, 2.45) is 17.6 Å². The molecule has 1 aromatic carbocycles. The highest BCUT2D eigenvalue weighted by Crippen LogP contribution is 2.36. The third-order valence-corrected chi connectivity index (χ3v) is 6.80.